The predicted octanol–water partition coefficient (Wildman–Crippen LogP) is 3.61. The largest absolute Gasteiger partial charge is 0.347 e. The van der Waals surface area contributed by atoms with Crippen molar-refractivity contribution in [2.75, 3.05) is 0 Å². The van der Waals surface area contributed by atoms with Crippen molar-refractivity contribution in [3.05, 3.63) is 59.0 Å². The van der Waals surface area contributed by atoms with Crippen molar-refractivity contribution in [2.24, 2.45) is 0 Å². The van der Waals surface area contributed by atoms with Gasteiger partial charge in [-0.05, 0) is 42.1 Å². The maximum Gasteiger partial charge on any atom is 0.246 e. The van der Waals surface area contributed by atoms with Crippen LogP contribution in [0.4, 0.5) is 4.39 Å². The number of halogens is 1. The molecule has 0 unspecified atom stereocenters. The molecule has 6 nitrogen and oxygen atoms in total. The molecule has 0 spiro atoms. The summed E-state index contributed by atoms with van der Waals surface area (Å²) in [5, 5.41) is 8.47. The van der Waals surface area contributed by atoms with Crippen molar-refractivity contribution < 1.29 is 18.5 Å². The van der Waals surface area contributed by atoms with E-state index in [0.29, 0.717) is 23.7 Å². The van der Waals surface area contributed by atoms with Gasteiger partial charge in [-0.25, -0.2) is 4.39 Å². The number of thiophene rings is 1. The van der Waals surface area contributed by atoms with Gasteiger partial charge in [-0.1, -0.05) is 11.2 Å². The third-order valence-electron chi connectivity index (χ3n) is 3.62. The van der Waals surface area contributed by atoms with Crippen molar-refractivity contribution in [2.45, 2.75) is 25.8 Å². The first-order valence-electron chi connectivity index (χ1n) is 8.04. The molecule has 0 radical (unpaired) electrons. The van der Waals surface area contributed by atoms with Gasteiger partial charge in [-0.2, -0.15) is 4.98 Å². The van der Waals surface area contributed by atoms with Crippen LogP contribution in [0.3, 0.4) is 0 Å². The number of nitrogens with zero attached hydrogens (tertiary/aromatic N) is 2. The van der Waals surface area contributed by atoms with E-state index in [4.69, 9.17) is 4.52 Å². The molecule has 0 aliphatic carbocycles. The minimum absolute atomic E-state index is 0.115. The molecule has 1 N–H and O–H groups in total. The van der Waals surface area contributed by atoms with Crippen LogP contribution in [0.5, 0.6) is 0 Å². The smallest absolute Gasteiger partial charge is 0.246 e. The Morgan fingerprint density at radius 1 is 1.15 bits per heavy atom. The van der Waals surface area contributed by atoms with Crippen molar-refractivity contribution in [1.82, 2.24) is 15.5 Å². The van der Waals surface area contributed by atoms with Crippen molar-refractivity contribution >= 4 is 23.0 Å². The van der Waals surface area contributed by atoms with Crippen LogP contribution >= 0.6 is 11.3 Å². The molecule has 26 heavy (non-hydrogen) atoms. The van der Waals surface area contributed by atoms with Gasteiger partial charge in [0.15, 0.2) is 5.78 Å². The molecule has 3 rings (SSSR count). The summed E-state index contributed by atoms with van der Waals surface area (Å²) >= 11 is 1.50. The Labute approximate surface area is 153 Å². The molecule has 0 atom stereocenters. The van der Waals surface area contributed by atoms with Crippen molar-refractivity contribution in [1.29, 1.82) is 0 Å². The highest BCUT2D eigenvalue weighted by Crippen LogP contribution is 2.21. The molecule has 0 aliphatic heterocycles. The van der Waals surface area contributed by atoms with Gasteiger partial charge >= 0.3 is 0 Å². The summed E-state index contributed by atoms with van der Waals surface area (Å²) < 4.78 is 17.9. The lowest BCUT2D eigenvalue weighted by molar-refractivity contribution is -0.121. The van der Waals surface area contributed by atoms with E-state index < -0.39 is 0 Å². The Bertz CT molecular complexity index is 875. The first-order valence-corrected chi connectivity index (χ1v) is 8.92. The van der Waals surface area contributed by atoms with Crippen molar-refractivity contribution in [3.63, 3.8) is 0 Å². The van der Waals surface area contributed by atoms with Crippen LogP contribution < -0.4 is 5.32 Å². The molecule has 134 valence electrons. The summed E-state index contributed by atoms with van der Waals surface area (Å²) in [6.07, 6.45) is 0.841. The highest BCUT2D eigenvalue weighted by Gasteiger charge is 2.11. The zero-order valence-electron chi connectivity index (χ0n) is 13.8. The maximum absolute atomic E-state index is 12.8. The van der Waals surface area contributed by atoms with Crippen molar-refractivity contribution in [3.8, 4) is 10.7 Å². The van der Waals surface area contributed by atoms with Crippen LogP contribution in [-0.2, 0) is 11.3 Å². The van der Waals surface area contributed by atoms with Crippen LogP contribution in [0.2, 0.25) is 0 Å². The summed E-state index contributed by atoms with van der Waals surface area (Å²) in [5.74, 6) is 0.116. The summed E-state index contributed by atoms with van der Waals surface area (Å²) in [7, 11) is 0. The second-order valence-electron chi connectivity index (χ2n) is 5.55. The molecule has 8 heteroatoms. The Morgan fingerprint density at radius 2 is 1.96 bits per heavy atom. The van der Waals surface area contributed by atoms with E-state index in [1.807, 2.05) is 17.5 Å². The van der Waals surface area contributed by atoms with E-state index in [2.05, 4.69) is 15.5 Å². The Balaban J connectivity index is 1.39. The molecule has 2 aromatic heterocycles. The number of amides is 1. The minimum Gasteiger partial charge on any atom is -0.347 e. The molecule has 1 amide bonds. The number of aromatic nitrogens is 2. The number of hydrogen-bond acceptors (Lipinski definition) is 6. The second-order valence-corrected chi connectivity index (χ2v) is 6.50. The average Bonchev–Trinajstić information content (AvgIpc) is 3.32. The fourth-order valence-electron chi connectivity index (χ4n) is 2.28. The zero-order valence-corrected chi connectivity index (χ0v) is 14.6. The van der Waals surface area contributed by atoms with E-state index in [1.54, 1.807) is 0 Å². The number of hydrogen-bond donors (Lipinski definition) is 1. The van der Waals surface area contributed by atoms with Gasteiger partial charge < -0.3 is 9.84 Å². The van der Waals surface area contributed by atoms with Gasteiger partial charge in [0.2, 0.25) is 17.6 Å². The quantitative estimate of drug-likeness (QED) is 0.610. The molecule has 1 aromatic carbocycles. The lowest BCUT2D eigenvalue weighted by Crippen LogP contribution is -2.22. The highest BCUT2D eigenvalue weighted by molar-refractivity contribution is 7.13. The summed E-state index contributed by atoms with van der Waals surface area (Å²) in [5.41, 5.74) is 0.443. The van der Waals surface area contributed by atoms with E-state index in [9.17, 15) is 14.0 Å². The Morgan fingerprint density at radius 3 is 2.69 bits per heavy atom. The van der Waals surface area contributed by atoms with Gasteiger partial charge in [-0.15, -0.1) is 11.3 Å². The average molecular weight is 373 g/mol. The SMILES string of the molecule is O=C(CCCC(=O)c1ccc(F)cc1)NCc1nc(-c2cccs2)no1. The van der Waals surface area contributed by atoms with E-state index in [-0.39, 0.29) is 36.9 Å². The molecule has 0 bridgehead atoms. The second kappa shape index (κ2) is 8.48. The van der Waals surface area contributed by atoms with Crippen LogP contribution in [0.15, 0.2) is 46.3 Å². The van der Waals surface area contributed by atoms with Crippen LogP contribution in [0.1, 0.15) is 35.5 Å². The predicted molar refractivity (Wildman–Crippen MR) is 94.0 cm³/mol. The molecular weight excluding hydrogens is 357 g/mol. The Kier molecular flexibility index (Phi) is 5.85. The lowest BCUT2D eigenvalue weighted by atomic mass is 10.1. The molecule has 3 aromatic rings. The number of rotatable bonds is 8. The Hall–Kier alpha value is -2.87. The minimum atomic E-state index is -0.385. The number of nitrogens with one attached hydrogen (secondary N) is 1. The molecule has 2 heterocycles. The third-order valence-corrected chi connectivity index (χ3v) is 4.49. The molecule has 0 saturated heterocycles. The molecule has 0 aliphatic rings. The van der Waals surface area contributed by atoms with Crippen LogP contribution in [0.25, 0.3) is 10.7 Å². The summed E-state index contributed by atoms with van der Waals surface area (Å²) in [6.45, 7) is 0.142. The third kappa shape index (κ3) is 4.82. The fraction of sp³-hybridized carbons (Fsp3) is 0.222. The summed E-state index contributed by atoms with van der Waals surface area (Å²) in [6, 6.07) is 9.15. The van der Waals surface area contributed by atoms with Gasteiger partial charge in [0, 0.05) is 18.4 Å². The van der Waals surface area contributed by atoms with Crippen LogP contribution in [-0.4, -0.2) is 21.8 Å². The number of benzene rings is 1. The first-order chi connectivity index (χ1) is 12.6. The maximum atomic E-state index is 12.8. The van der Waals surface area contributed by atoms with E-state index in [1.165, 1.54) is 35.6 Å². The lowest BCUT2D eigenvalue weighted by Gasteiger charge is -2.03. The number of ketones is 1. The number of carbonyl (C=O) groups excluding carboxylic acids is 2. The summed E-state index contributed by atoms with van der Waals surface area (Å²) in [4.78, 5) is 28.9. The van der Waals surface area contributed by atoms with Gasteiger partial charge in [0.25, 0.3) is 0 Å². The topological polar surface area (TPSA) is 85.1 Å². The van der Waals surface area contributed by atoms with Gasteiger partial charge in [0.05, 0.1) is 11.4 Å². The van der Waals surface area contributed by atoms with Gasteiger partial charge in [-0.3, -0.25) is 9.59 Å². The monoisotopic (exact) mass is 373 g/mol. The normalized spacial score (nSPS) is 10.7. The number of Topliss-reactive ketones (excluding diaryl/α,β-unsaturated/α-hetero) is 1. The first kappa shape index (κ1) is 17.9. The fourth-order valence-corrected chi connectivity index (χ4v) is 2.93. The standard InChI is InChI=1S/C18H16FN3O3S/c19-13-8-6-12(7-9-13)14(23)3-1-5-16(24)20-11-17-21-18(22-25-17)15-4-2-10-26-15/h2,4,6-10H,1,3,5,11H2,(H,20,24). The molecular formula is C18H16FN3O3S. The molecule has 0 fully saturated rings. The zero-order chi connectivity index (χ0) is 18.4. The highest BCUT2D eigenvalue weighted by atomic mass is 32.1. The van der Waals surface area contributed by atoms with E-state index in [0.717, 1.165) is 4.88 Å². The van der Waals surface area contributed by atoms with E-state index >= 15 is 0 Å². The van der Waals surface area contributed by atoms with Gasteiger partial charge in [0.1, 0.15) is 5.82 Å². The molecule has 0 saturated carbocycles. The number of carbonyl (C=O) groups is 2. The van der Waals surface area contributed by atoms with Crippen LogP contribution in [0, 0.1) is 5.82 Å².